The molecular formula is C5H13NOS. The number of rotatable bonds is 3. The summed E-state index contributed by atoms with van der Waals surface area (Å²) in [6.45, 7) is 4.66. The fourth-order valence-electron chi connectivity index (χ4n) is 0.271. The molecule has 0 aromatic rings. The molecule has 0 unspecified atom stereocenters. The molecule has 0 bridgehead atoms. The molecule has 0 spiro atoms. The van der Waals surface area contributed by atoms with Crippen LogP contribution in [0.2, 0.25) is 0 Å². The van der Waals surface area contributed by atoms with Crippen LogP contribution in [-0.2, 0) is 4.84 Å². The van der Waals surface area contributed by atoms with Crippen LogP contribution in [0.4, 0.5) is 0 Å². The van der Waals surface area contributed by atoms with Crippen molar-refractivity contribution in [3.8, 4) is 0 Å². The van der Waals surface area contributed by atoms with Crippen LogP contribution in [0.5, 0.6) is 0 Å². The van der Waals surface area contributed by atoms with E-state index in [2.05, 4.69) is 17.5 Å². The van der Waals surface area contributed by atoms with Crippen LogP contribution in [-0.4, -0.2) is 12.4 Å². The van der Waals surface area contributed by atoms with Gasteiger partial charge in [0.15, 0.2) is 0 Å². The van der Waals surface area contributed by atoms with E-state index in [1.54, 1.807) is 0 Å². The maximum absolute atomic E-state index is 4.86. The van der Waals surface area contributed by atoms with Crippen molar-refractivity contribution in [2.45, 2.75) is 13.8 Å². The Morgan fingerprint density at radius 1 is 1.62 bits per heavy atom. The van der Waals surface area contributed by atoms with E-state index >= 15 is 0 Å². The lowest BCUT2D eigenvalue weighted by Gasteiger charge is -2.18. The van der Waals surface area contributed by atoms with Crippen LogP contribution in [0.25, 0.3) is 0 Å². The third-order valence-corrected chi connectivity index (χ3v) is 1.76. The highest BCUT2D eigenvalue weighted by Crippen LogP contribution is 2.15. The average Bonchev–Trinajstić information content (AvgIpc) is 1.67. The van der Waals surface area contributed by atoms with Crippen molar-refractivity contribution in [1.82, 2.24) is 0 Å². The van der Waals surface area contributed by atoms with Gasteiger partial charge in [-0.15, -0.1) is 0 Å². The van der Waals surface area contributed by atoms with Crippen LogP contribution in [0.3, 0.4) is 0 Å². The van der Waals surface area contributed by atoms with E-state index < -0.39 is 0 Å². The van der Waals surface area contributed by atoms with Crippen LogP contribution < -0.4 is 5.90 Å². The summed E-state index contributed by atoms with van der Waals surface area (Å²) < 4.78 is 0. The van der Waals surface area contributed by atoms with Crippen molar-refractivity contribution in [3.05, 3.63) is 0 Å². The Morgan fingerprint density at radius 2 is 2.12 bits per heavy atom. The van der Waals surface area contributed by atoms with E-state index in [-0.39, 0.29) is 5.41 Å². The van der Waals surface area contributed by atoms with Crippen molar-refractivity contribution >= 4 is 12.6 Å². The number of hydrogen-bond acceptors (Lipinski definition) is 3. The normalized spacial score (nSPS) is 12.0. The van der Waals surface area contributed by atoms with Gasteiger partial charge in [-0.2, -0.15) is 12.6 Å². The van der Waals surface area contributed by atoms with E-state index in [1.807, 2.05) is 13.8 Å². The summed E-state index contributed by atoms with van der Waals surface area (Å²) >= 11 is 4.10. The van der Waals surface area contributed by atoms with Crippen LogP contribution in [0.1, 0.15) is 13.8 Å². The lowest BCUT2D eigenvalue weighted by molar-refractivity contribution is 0.0745. The van der Waals surface area contributed by atoms with Crippen molar-refractivity contribution in [2.24, 2.45) is 11.3 Å². The summed E-state index contributed by atoms with van der Waals surface area (Å²) in [5.41, 5.74) is 0.109. The van der Waals surface area contributed by atoms with Gasteiger partial charge in [0.1, 0.15) is 0 Å². The molecule has 0 aliphatic carbocycles. The number of thiol groups is 1. The van der Waals surface area contributed by atoms with Crippen molar-refractivity contribution in [1.29, 1.82) is 0 Å². The summed E-state index contributed by atoms with van der Waals surface area (Å²) in [6, 6.07) is 0. The van der Waals surface area contributed by atoms with Crippen LogP contribution in [0.15, 0.2) is 0 Å². The van der Waals surface area contributed by atoms with Crippen molar-refractivity contribution in [2.75, 3.05) is 12.4 Å². The van der Waals surface area contributed by atoms with Gasteiger partial charge in [0, 0.05) is 0 Å². The Hall–Kier alpha value is 0.270. The van der Waals surface area contributed by atoms with Gasteiger partial charge < -0.3 is 4.84 Å². The smallest absolute Gasteiger partial charge is 0.0738 e. The van der Waals surface area contributed by atoms with E-state index in [4.69, 9.17) is 5.90 Å². The second-order valence-corrected chi connectivity index (χ2v) is 2.95. The van der Waals surface area contributed by atoms with Gasteiger partial charge in [0.05, 0.1) is 6.61 Å². The predicted molar refractivity (Wildman–Crippen MR) is 37.8 cm³/mol. The lowest BCUT2D eigenvalue weighted by Crippen LogP contribution is -2.23. The van der Waals surface area contributed by atoms with E-state index in [0.717, 1.165) is 5.75 Å². The monoisotopic (exact) mass is 135 g/mol. The molecule has 0 heterocycles. The number of hydrogen-bond donors (Lipinski definition) is 2. The molecule has 0 radical (unpaired) electrons. The lowest BCUT2D eigenvalue weighted by atomic mass is 9.98. The van der Waals surface area contributed by atoms with Gasteiger partial charge in [-0.3, -0.25) is 0 Å². The van der Waals surface area contributed by atoms with E-state index in [1.165, 1.54) is 0 Å². The average molecular weight is 135 g/mol. The topological polar surface area (TPSA) is 35.2 Å². The second kappa shape index (κ2) is 3.33. The predicted octanol–water partition coefficient (Wildman–Crippen LogP) is 0.833. The molecule has 0 aliphatic rings. The molecule has 0 saturated carbocycles. The first-order chi connectivity index (χ1) is 3.62. The molecule has 2 nitrogen and oxygen atoms in total. The molecule has 0 aromatic heterocycles. The molecular weight excluding hydrogens is 122 g/mol. The molecule has 0 aromatic carbocycles. The molecule has 0 rings (SSSR count). The van der Waals surface area contributed by atoms with Gasteiger partial charge >= 0.3 is 0 Å². The van der Waals surface area contributed by atoms with Gasteiger partial charge in [-0.1, -0.05) is 13.8 Å². The maximum atomic E-state index is 4.86. The molecule has 0 aliphatic heterocycles. The highest BCUT2D eigenvalue weighted by Gasteiger charge is 2.14. The minimum atomic E-state index is 0.109. The molecule has 2 N–H and O–H groups in total. The molecule has 8 heavy (non-hydrogen) atoms. The molecule has 0 amide bonds. The summed E-state index contributed by atoms with van der Waals surface area (Å²) in [5.74, 6) is 5.65. The minimum absolute atomic E-state index is 0.109. The minimum Gasteiger partial charge on any atom is -0.304 e. The summed E-state index contributed by atoms with van der Waals surface area (Å²) in [4.78, 5) is 4.45. The van der Waals surface area contributed by atoms with E-state index in [9.17, 15) is 0 Å². The Kier molecular flexibility index (Phi) is 3.44. The van der Waals surface area contributed by atoms with Crippen molar-refractivity contribution < 1.29 is 4.84 Å². The van der Waals surface area contributed by atoms with Crippen LogP contribution in [0, 0.1) is 5.41 Å². The first-order valence-corrected chi connectivity index (χ1v) is 3.18. The summed E-state index contributed by atoms with van der Waals surface area (Å²) in [5, 5.41) is 0. The zero-order valence-electron chi connectivity index (χ0n) is 5.35. The fourth-order valence-corrected chi connectivity index (χ4v) is 0.363. The highest BCUT2D eigenvalue weighted by molar-refractivity contribution is 7.80. The standard InChI is InChI=1S/C5H13NOS/c1-5(2,4-8)3-7-6/h8H,3-4,6H2,1-2H3. The van der Waals surface area contributed by atoms with E-state index in [0.29, 0.717) is 6.61 Å². The third kappa shape index (κ3) is 3.29. The molecule has 0 saturated heterocycles. The zero-order chi connectivity index (χ0) is 6.62. The molecule has 0 atom stereocenters. The van der Waals surface area contributed by atoms with Gasteiger partial charge in [-0.05, 0) is 11.2 Å². The third-order valence-electron chi connectivity index (χ3n) is 0.902. The van der Waals surface area contributed by atoms with Gasteiger partial charge in [0.2, 0.25) is 0 Å². The second-order valence-electron chi connectivity index (χ2n) is 2.63. The van der Waals surface area contributed by atoms with Crippen molar-refractivity contribution in [3.63, 3.8) is 0 Å². The first kappa shape index (κ1) is 8.27. The quantitative estimate of drug-likeness (QED) is 0.444. The Morgan fingerprint density at radius 3 is 2.25 bits per heavy atom. The maximum Gasteiger partial charge on any atom is 0.0738 e. The Bertz CT molecular complexity index is 65.4. The van der Waals surface area contributed by atoms with Gasteiger partial charge in [0.25, 0.3) is 0 Å². The fraction of sp³-hybridized carbons (Fsp3) is 1.00. The SMILES string of the molecule is CC(C)(CS)CON. The van der Waals surface area contributed by atoms with Gasteiger partial charge in [-0.25, -0.2) is 5.90 Å². The molecule has 0 fully saturated rings. The summed E-state index contributed by atoms with van der Waals surface area (Å²) in [6.07, 6.45) is 0. The molecule has 3 heteroatoms. The molecule has 50 valence electrons. The Balaban J connectivity index is 3.37. The zero-order valence-corrected chi connectivity index (χ0v) is 6.24. The Labute approximate surface area is 55.8 Å². The highest BCUT2D eigenvalue weighted by atomic mass is 32.1. The first-order valence-electron chi connectivity index (χ1n) is 2.55. The largest absolute Gasteiger partial charge is 0.304 e. The van der Waals surface area contributed by atoms with Crippen LogP contribution >= 0.6 is 12.6 Å². The summed E-state index contributed by atoms with van der Waals surface area (Å²) in [7, 11) is 0. The number of nitrogens with two attached hydrogens (primary N) is 1.